The average Bonchev–Trinajstić information content (AvgIpc) is 3.20. The van der Waals surface area contributed by atoms with Gasteiger partial charge in [-0.25, -0.2) is 9.78 Å². The van der Waals surface area contributed by atoms with Crippen LogP contribution in [0.15, 0.2) is 49.1 Å². The Morgan fingerprint density at radius 1 is 1.36 bits per heavy atom. The number of carbonyl (C=O) groups excluding carboxylic acids is 1. The summed E-state index contributed by atoms with van der Waals surface area (Å²) in [5, 5.41) is 2.93. The van der Waals surface area contributed by atoms with Crippen molar-refractivity contribution in [2.75, 3.05) is 19.6 Å². The smallest absolute Gasteiger partial charge is 0.317 e. The molecular formula is C16H20N4O2. The minimum Gasteiger partial charge on any atom is -0.489 e. The molecule has 1 saturated heterocycles. The molecular weight excluding hydrogens is 280 g/mol. The highest BCUT2D eigenvalue weighted by Gasteiger charge is 2.27. The van der Waals surface area contributed by atoms with Crippen LogP contribution < -0.4 is 10.1 Å². The van der Waals surface area contributed by atoms with Crippen LogP contribution in [0.25, 0.3) is 0 Å². The Balaban J connectivity index is 1.41. The van der Waals surface area contributed by atoms with E-state index in [0.717, 1.165) is 25.3 Å². The van der Waals surface area contributed by atoms with E-state index >= 15 is 0 Å². The normalized spacial score (nSPS) is 17.5. The molecule has 2 amide bonds. The Morgan fingerprint density at radius 2 is 2.23 bits per heavy atom. The van der Waals surface area contributed by atoms with Crippen molar-refractivity contribution in [2.24, 2.45) is 0 Å². The van der Waals surface area contributed by atoms with Crippen LogP contribution in [0.4, 0.5) is 4.79 Å². The van der Waals surface area contributed by atoms with Gasteiger partial charge in [0.15, 0.2) is 0 Å². The SMILES string of the molecule is O=C(NCCn1ccnc1)N1CC[C@@H](Oc2ccccc2)C1. The second kappa shape index (κ2) is 6.98. The molecule has 1 N–H and O–H groups in total. The van der Waals surface area contributed by atoms with Crippen LogP contribution in [0.1, 0.15) is 6.42 Å². The summed E-state index contributed by atoms with van der Waals surface area (Å²) in [7, 11) is 0. The van der Waals surface area contributed by atoms with E-state index in [1.165, 1.54) is 0 Å². The summed E-state index contributed by atoms with van der Waals surface area (Å²) >= 11 is 0. The average molecular weight is 300 g/mol. The molecule has 116 valence electrons. The van der Waals surface area contributed by atoms with Gasteiger partial charge in [-0.2, -0.15) is 0 Å². The fourth-order valence-electron chi connectivity index (χ4n) is 2.52. The van der Waals surface area contributed by atoms with Gasteiger partial charge in [0.25, 0.3) is 0 Å². The van der Waals surface area contributed by atoms with Crippen LogP contribution in [-0.4, -0.2) is 46.2 Å². The number of aromatic nitrogens is 2. The van der Waals surface area contributed by atoms with Gasteiger partial charge in [-0.15, -0.1) is 0 Å². The molecule has 2 aromatic rings. The number of nitrogens with one attached hydrogen (secondary N) is 1. The first-order valence-corrected chi connectivity index (χ1v) is 7.51. The molecule has 0 radical (unpaired) electrons. The maximum atomic E-state index is 12.1. The molecule has 0 aliphatic carbocycles. The molecule has 6 nitrogen and oxygen atoms in total. The second-order valence-corrected chi connectivity index (χ2v) is 5.32. The monoisotopic (exact) mass is 300 g/mol. The van der Waals surface area contributed by atoms with Crippen LogP contribution in [-0.2, 0) is 6.54 Å². The van der Waals surface area contributed by atoms with E-state index in [1.54, 1.807) is 12.5 Å². The number of benzene rings is 1. The van der Waals surface area contributed by atoms with E-state index in [4.69, 9.17) is 4.74 Å². The number of rotatable bonds is 5. The Morgan fingerprint density at radius 3 is 3.00 bits per heavy atom. The molecule has 1 aliphatic heterocycles. The number of para-hydroxylation sites is 1. The first-order valence-electron chi connectivity index (χ1n) is 7.51. The van der Waals surface area contributed by atoms with Crippen molar-refractivity contribution in [2.45, 2.75) is 19.1 Å². The standard InChI is InChI=1S/C16H20N4O2/c21-16(18-8-11-19-10-7-17-13-19)20-9-6-15(12-20)22-14-4-2-1-3-5-14/h1-5,7,10,13,15H,6,8-9,11-12H2,(H,18,21)/t15-/m1/s1. The summed E-state index contributed by atoms with van der Waals surface area (Å²) in [6.45, 7) is 2.68. The molecule has 6 heteroatoms. The summed E-state index contributed by atoms with van der Waals surface area (Å²) in [6.07, 6.45) is 6.29. The lowest BCUT2D eigenvalue weighted by Crippen LogP contribution is -2.40. The third kappa shape index (κ3) is 3.78. The molecule has 0 saturated carbocycles. The van der Waals surface area contributed by atoms with Crippen molar-refractivity contribution in [3.8, 4) is 5.75 Å². The van der Waals surface area contributed by atoms with Gasteiger partial charge in [0.2, 0.25) is 0 Å². The van der Waals surface area contributed by atoms with Crippen LogP contribution >= 0.6 is 0 Å². The summed E-state index contributed by atoms with van der Waals surface area (Å²) < 4.78 is 7.82. The minimum absolute atomic E-state index is 0.0284. The molecule has 1 aromatic heterocycles. The number of imidazole rings is 1. The maximum Gasteiger partial charge on any atom is 0.317 e. The minimum atomic E-state index is -0.0284. The first-order chi connectivity index (χ1) is 10.8. The molecule has 0 unspecified atom stereocenters. The van der Waals surface area contributed by atoms with Crippen LogP contribution in [0.3, 0.4) is 0 Å². The van der Waals surface area contributed by atoms with E-state index in [2.05, 4.69) is 10.3 Å². The van der Waals surface area contributed by atoms with E-state index in [0.29, 0.717) is 13.1 Å². The number of hydrogen-bond donors (Lipinski definition) is 1. The van der Waals surface area contributed by atoms with E-state index in [-0.39, 0.29) is 12.1 Å². The molecule has 1 aromatic carbocycles. The summed E-state index contributed by atoms with van der Waals surface area (Å²) in [6, 6.07) is 9.71. The number of nitrogens with zero attached hydrogens (tertiary/aromatic N) is 3. The van der Waals surface area contributed by atoms with Crippen molar-refractivity contribution in [3.63, 3.8) is 0 Å². The van der Waals surface area contributed by atoms with Gasteiger partial charge in [-0.05, 0) is 12.1 Å². The number of carbonyl (C=O) groups is 1. The van der Waals surface area contributed by atoms with Gasteiger partial charge in [0, 0.05) is 38.4 Å². The summed E-state index contributed by atoms with van der Waals surface area (Å²) in [5.74, 6) is 0.856. The largest absolute Gasteiger partial charge is 0.489 e. The van der Waals surface area contributed by atoms with Gasteiger partial charge in [0.1, 0.15) is 11.9 Å². The molecule has 3 rings (SSSR count). The third-order valence-corrected chi connectivity index (χ3v) is 3.68. The number of hydrogen-bond acceptors (Lipinski definition) is 3. The lowest BCUT2D eigenvalue weighted by Gasteiger charge is -2.18. The number of ether oxygens (including phenoxy) is 1. The van der Waals surface area contributed by atoms with E-state index in [9.17, 15) is 4.79 Å². The topological polar surface area (TPSA) is 59.4 Å². The van der Waals surface area contributed by atoms with E-state index < -0.39 is 0 Å². The first kappa shape index (κ1) is 14.4. The summed E-state index contributed by atoms with van der Waals surface area (Å²) in [5.41, 5.74) is 0. The van der Waals surface area contributed by atoms with Crippen molar-refractivity contribution in [1.82, 2.24) is 19.8 Å². The Kier molecular flexibility index (Phi) is 4.58. The van der Waals surface area contributed by atoms with Gasteiger partial charge in [0.05, 0.1) is 12.9 Å². The zero-order valence-electron chi connectivity index (χ0n) is 12.4. The van der Waals surface area contributed by atoms with E-state index in [1.807, 2.05) is 46.0 Å². The number of amides is 2. The zero-order chi connectivity index (χ0) is 15.2. The third-order valence-electron chi connectivity index (χ3n) is 3.68. The quantitative estimate of drug-likeness (QED) is 0.915. The van der Waals surface area contributed by atoms with Crippen molar-refractivity contribution in [1.29, 1.82) is 0 Å². The van der Waals surface area contributed by atoms with Crippen molar-refractivity contribution in [3.05, 3.63) is 49.1 Å². The van der Waals surface area contributed by atoms with Gasteiger partial charge < -0.3 is 19.5 Å². The molecule has 1 atom stereocenters. The Hall–Kier alpha value is -2.50. The maximum absolute atomic E-state index is 12.1. The highest BCUT2D eigenvalue weighted by Crippen LogP contribution is 2.17. The zero-order valence-corrected chi connectivity index (χ0v) is 12.4. The highest BCUT2D eigenvalue weighted by atomic mass is 16.5. The molecule has 1 aliphatic rings. The lowest BCUT2D eigenvalue weighted by atomic mass is 10.3. The Labute approximate surface area is 129 Å². The lowest BCUT2D eigenvalue weighted by molar-refractivity contribution is 0.186. The molecule has 0 bridgehead atoms. The molecule has 0 spiro atoms. The molecule has 22 heavy (non-hydrogen) atoms. The van der Waals surface area contributed by atoms with Crippen molar-refractivity contribution < 1.29 is 9.53 Å². The highest BCUT2D eigenvalue weighted by molar-refractivity contribution is 5.74. The number of likely N-dealkylation sites (tertiary alicyclic amines) is 1. The Bertz CT molecular complexity index is 585. The second-order valence-electron chi connectivity index (χ2n) is 5.32. The molecule has 1 fully saturated rings. The number of urea groups is 1. The fourth-order valence-corrected chi connectivity index (χ4v) is 2.52. The molecule has 2 heterocycles. The summed E-state index contributed by atoms with van der Waals surface area (Å²) in [4.78, 5) is 17.9. The van der Waals surface area contributed by atoms with Gasteiger partial charge in [-0.3, -0.25) is 0 Å². The van der Waals surface area contributed by atoms with Crippen LogP contribution in [0.5, 0.6) is 5.75 Å². The fraction of sp³-hybridized carbons (Fsp3) is 0.375. The van der Waals surface area contributed by atoms with Gasteiger partial charge >= 0.3 is 6.03 Å². The van der Waals surface area contributed by atoms with Crippen molar-refractivity contribution >= 4 is 6.03 Å². The predicted molar refractivity (Wildman–Crippen MR) is 82.7 cm³/mol. The van der Waals surface area contributed by atoms with Crippen LogP contribution in [0, 0.1) is 0 Å². The predicted octanol–water partition coefficient (Wildman–Crippen LogP) is 1.75. The van der Waals surface area contributed by atoms with Gasteiger partial charge in [-0.1, -0.05) is 18.2 Å². The van der Waals surface area contributed by atoms with Crippen LogP contribution in [0.2, 0.25) is 0 Å².